The molecule has 110 valence electrons. The Morgan fingerprint density at radius 3 is 1.77 bits per heavy atom. The van der Waals surface area contributed by atoms with Gasteiger partial charge in [-0.25, -0.2) is 0 Å². The molecule has 0 aromatic heterocycles. The second-order valence-electron chi connectivity index (χ2n) is 5.09. The van der Waals surface area contributed by atoms with Crippen molar-refractivity contribution < 1.29 is 0 Å². The highest BCUT2D eigenvalue weighted by Gasteiger charge is 1.90. The zero-order valence-electron chi connectivity index (χ0n) is 12.8. The van der Waals surface area contributed by atoms with Gasteiger partial charge >= 0.3 is 0 Å². The normalized spacial score (nSPS) is 9.36. The van der Waals surface area contributed by atoms with Crippen LogP contribution in [0, 0.1) is 23.7 Å². The second kappa shape index (κ2) is 9.14. The molecule has 0 N–H and O–H groups in total. The molecule has 2 aromatic rings. The van der Waals surface area contributed by atoms with Gasteiger partial charge in [-0.2, -0.15) is 0 Å². The quantitative estimate of drug-likeness (QED) is 0.486. The minimum absolute atomic E-state index is 0.985. The molecular weight excluding hydrogens is 332 g/mol. The van der Waals surface area contributed by atoms with Gasteiger partial charge in [-0.15, -0.1) is 0 Å². The first-order valence-corrected chi connectivity index (χ1v) is 8.44. The van der Waals surface area contributed by atoms with Gasteiger partial charge in [-0.3, -0.25) is 0 Å². The molecular formula is C21H19Br. The van der Waals surface area contributed by atoms with Crippen molar-refractivity contribution in [1.82, 2.24) is 0 Å². The maximum Gasteiger partial charge on any atom is 0.0249 e. The highest BCUT2D eigenvalue weighted by Crippen LogP contribution is 2.10. The molecule has 0 aliphatic rings. The van der Waals surface area contributed by atoms with Gasteiger partial charge in [0.25, 0.3) is 0 Å². The van der Waals surface area contributed by atoms with Crippen LogP contribution in [0.3, 0.4) is 0 Å². The van der Waals surface area contributed by atoms with Crippen molar-refractivity contribution in [1.29, 1.82) is 0 Å². The van der Waals surface area contributed by atoms with Crippen LogP contribution in [0.2, 0.25) is 0 Å². The Morgan fingerprint density at radius 1 is 0.727 bits per heavy atom. The van der Waals surface area contributed by atoms with Crippen LogP contribution in [-0.2, 0) is 0 Å². The van der Waals surface area contributed by atoms with Gasteiger partial charge < -0.3 is 0 Å². The summed E-state index contributed by atoms with van der Waals surface area (Å²) in [6.45, 7) is 2.21. The van der Waals surface area contributed by atoms with E-state index in [9.17, 15) is 0 Å². The molecule has 0 radical (unpaired) electrons. The number of hydrogen-bond acceptors (Lipinski definition) is 0. The van der Waals surface area contributed by atoms with Crippen LogP contribution >= 0.6 is 15.9 Å². The fourth-order valence-electron chi connectivity index (χ4n) is 1.94. The molecule has 1 heteroatoms. The summed E-state index contributed by atoms with van der Waals surface area (Å²) in [4.78, 5) is 0. The number of rotatable bonds is 3. The summed E-state index contributed by atoms with van der Waals surface area (Å²) in [5.74, 6) is 12.8. The lowest BCUT2D eigenvalue weighted by Gasteiger charge is -1.93. The SMILES string of the molecule is CCCCCC#Cc1ccc(C#Cc2ccc(Br)cc2)cc1. The van der Waals surface area contributed by atoms with Gasteiger partial charge in [-0.1, -0.05) is 59.4 Å². The van der Waals surface area contributed by atoms with Gasteiger partial charge in [0.15, 0.2) is 0 Å². The summed E-state index contributed by atoms with van der Waals surface area (Å²) in [6, 6.07) is 16.2. The monoisotopic (exact) mass is 350 g/mol. The van der Waals surface area contributed by atoms with E-state index in [2.05, 4.69) is 46.5 Å². The first kappa shape index (κ1) is 16.4. The van der Waals surface area contributed by atoms with E-state index in [1.165, 1.54) is 19.3 Å². The fraction of sp³-hybridized carbons (Fsp3) is 0.238. The molecule has 0 amide bonds. The summed E-state index contributed by atoms with van der Waals surface area (Å²) in [7, 11) is 0. The first-order valence-electron chi connectivity index (χ1n) is 7.64. The number of halogens is 1. The van der Waals surface area contributed by atoms with Crippen molar-refractivity contribution in [2.45, 2.75) is 32.6 Å². The van der Waals surface area contributed by atoms with Crippen LogP contribution in [0.1, 0.15) is 49.3 Å². The zero-order valence-corrected chi connectivity index (χ0v) is 14.4. The maximum atomic E-state index is 3.42. The number of hydrogen-bond donors (Lipinski definition) is 0. The molecule has 0 fully saturated rings. The van der Waals surface area contributed by atoms with E-state index < -0.39 is 0 Å². The molecule has 2 aromatic carbocycles. The predicted octanol–water partition coefficient (Wildman–Crippen LogP) is 5.78. The van der Waals surface area contributed by atoms with E-state index in [-0.39, 0.29) is 0 Å². The third-order valence-electron chi connectivity index (χ3n) is 3.22. The molecule has 0 aliphatic carbocycles. The summed E-state index contributed by atoms with van der Waals surface area (Å²) in [5.41, 5.74) is 3.09. The highest BCUT2D eigenvalue weighted by atomic mass is 79.9. The molecule has 0 saturated heterocycles. The van der Waals surface area contributed by atoms with Gasteiger partial charge in [0.2, 0.25) is 0 Å². The Kier molecular flexibility index (Phi) is 6.82. The smallest absolute Gasteiger partial charge is 0.0249 e. The molecule has 0 unspecified atom stereocenters. The Bertz CT molecular complexity index is 701. The lowest BCUT2D eigenvalue weighted by atomic mass is 10.1. The molecule has 0 saturated carbocycles. The van der Waals surface area contributed by atoms with Gasteiger partial charge in [0.05, 0.1) is 0 Å². The third-order valence-corrected chi connectivity index (χ3v) is 3.75. The Balaban J connectivity index is 1.96. The molecule has 0 bridgehead atoms. The van der Waals surface area contributed by atoms with Crippen LogP contribution in [0.15, 0.2) is 53.0 Å². The number of benzene rings is 2. The van der Waals surface area contributed by atoms with Crippen molar-refractivity contribution in [2.24, 2.45) is 0 Å². The molecule has 0 spiro atoms. The summed E-state index contributed by atoms with van der Waals surface area (Å²) < 4.78 is 1.07. The van der Waals surface area contributed by atoms with Gasteiger partial charge in [0.1, 0.15) is 0 Å². The lowest BCUT2D eigenvalue weighted by molar-refractivity contribution is 0.737. The van der Waals surface area contributed by atoms with E-state index >= 15 is 0 Å². The summed E-state index contributed by atoms with van der Waals surface area (Å²) >= 11 is 3.42. The van der Waals surface area contributed by atoms with Gasteiger partial charge in [-0.05, 0) is 55.0 Å². The largest absolute Gasteiger partial charge is 0.0979 e. The summed E-state index contributed by atoms with van der Waals surface area (Å²) in [5, 5.41) is 0. The fourth-order valence-corrected chi connectivity index (χ4v) is 2.21. The van der Waals surface area contributed by atoms with E-state index in [0.717, 1.165) is 27.6 Å². The van der Waals surface area contributed by atoms with E-state index in [0.29, 0.717) is 0 Å². The third kappa shape index (κ3) is 5.80. The molecule has 2 rings (SSSR count). The van der Waals surface area contributed by atoms with Crippen molar-refractivity contribution in [2.75, 3.05) is 0 Å². The average molecular weight is 351 g/mol. The van der Waals surface area contributed by atoms with Crippen LogP contribution < -0.4 is 0 Å². The van der Waals surface area contributed by atoms with Crippen LogP contribution in [-0.4, -0.2) is 0 Å². The van der Waals surface area contributed by atoms with E-state index in [4.69, 9.17) is 0 Å². The van der Waals surface area contributed by atoms with Crippen LogP contribution in [0.25, 0.3) is 0 Å². The highest BCUT2D eigenvalue weighted by molar-refractivity contribution is 9.10. The van der Waals surface area contributed by atoms with Crippen molar-refractivity contribution in [3.8, 4) is 23.7 Å². The Hall–Kier alpha value is -1.96. The second-order valence-corrected chi connectivity index (χ2v) is 6.01. The molecule has 0 nitrogen and oxygen atoms in total. The van der Waals surface area contributed by atoms with E-state index in [1.54, 1.807) is 0 Å². The first-order chi connectivity index (χ1) is 10.8. The van der Waals surface area contributed by atoms with Crippen molar-refractivity contribution in [3.05, 3.63) is 69.7 Å². The van der Waals surface area contributed by atoms with E-state index in [1.807, 2.05) is 48.5 Å². The van der Waals surface area contributed by atoms with Crippen LogP contribution in [0.4, 0.5) is 0 Å². The predicted molar refractivity (Wildman–Crippen MR) is 97.6 cm³/mol. The maximum absolute atomic E-state index is 3.42. The molecule has 0 heterocycles. The lowest BCUT2D eigenvalue weighted by Crippen LogP contribution is -1.79. The molecule has 22 heavy (non-hydrogen) atoms. The Morgan fingerprint density at radius 2 is 1.23 bits per heavy atom. The average Bonchev–Trinajstić information content (AvgIpc) is 2.55. The Labute approximate surface area is 142 Å². The molecule has 0 atom stereocenters. The zero-order chi connectivity index (χ0) is 15.6. The standard InChI is InChI=1S/C21H19Br/c1-2-3-4-5-6-7-18-8-10-19(11-9-18)12-13-20-14-16-21(22)17-15-20/h8-11,14-17H,2-5H2,1H3. The topological polar surface area (TPSA) is 0 Å². The van der Waals surface area contributed by atoms with Crippen molar-refractivity contribution in [3.63, 3.8) is 0 Å². The minimum Gasteiger partial charge on any atom is -0.0979 e. The van der Waals surface area contributed by atoms with Crippen molar-refractivity contribution >= 4 is 15.9 Å². The van der Waals surface area contributed by atoms with Crippen LogP contribution in [0.5, 0.6) is 0 Å². The number of unbranched alkanes of at least 4 members (excludes halogenated alkanes) is 3. The minimum atomic E-state index is 0.985. The van der Waals surface area contributed by atoms with Gasteiger partial charge in [0, 0.05) is 27.6 Å². The summed E-state index contributed by atoms with van der Waals surface area (Å²) in [6.07, 6.45) is 4.69. The molecule has 0 aliphatic heterocycles.